The molecule has 0 saturated heterocycles. The van der Waals surface area contributed by atoms with Gasteiger partial charge in [0.1, 0.15) is 0 Å². The summed E-state index contributed by atoms with van der Waals surface area (Å²) in [6, 6.07) is 0. The van der Waals surface area contributed by atoms with Crippen LogP contribution in [0.1, 0.15) is 0 Å². The maximum atomic E-state index is 9.36. The first-order valence-electron chi connectivity index (χ1n) is 1.30. The Labute approximate surface area is 98.3 Å². The SMILES string of the molecule is N.O=[N+]([O-])OP(=O)([O-])O.[K+]. The van der Waals surface area contributed by atoms with E-state index in [4.69, 9.17) is 15.0 Å². The van der Waals surface area contributed by atoms with Crippen LogP contribution in [0.5, 0.6) is 0 Å². The summed E-state index contributed by atoms with van der Waals surface area (Å²) in [5.41, 5.74) is 0. The second-order valence-electron chi connectivity index (χ2n) is 0.774. The minimum absolute atomic E-state index is 0. The summed E-state index contributed by atoms with van der Waals surface area (Å²) in [6.07, 6.45) is 0. The van der Waals surface area contributed by atoms with Crippen LogP contribution in [0.25, 0.3) is 0 Å². The van der Waals surface area contributed by atoms with Gasteiger partial charge < -0.3 is 15.9 Å². The average Bonchev–Trinajstić information content (AvgIpc) is 1.21. The Bertz CT molecular complexity index is 139. The zero-order valence-corrected chi connectivity index (χ0v) is 9.11. The molecule has 0 aromatic carbocycles. The average molecular weight is 198 g/mol. The summed E-state index contributed by atoms with van der Waals surface area (Å²) < 4.78 is 12.1. The second-order valence-corrected chi connectivity index (χ2v) is 1.87. The molecule has 0 aliphatic rings. The van der Waals surface area contributed by atoms with E-state index in [9.17, 15) is 9.46 Å². The number of rotatable bonds is 2. The first-order valence-corrected chi connectivity index (χ1v) is 2.79. The van der Waals surface area contributed by atoms with E-state index < -0.39 is 12.9 Å². The normalized spacial score (nSPS) is 13.4. The Morgan fingerprint density at radius 1 is 1.60 bits per heavy atom. The van der Waals surface area contributed by atoms with E-state index in [0.717, 1.165) is 0 Å². The molecule has 4 N–H and O–H groups in total. The zero-order valence-electron chi connectivity index (χ0n) is 5.09. The molecule has 0 amide bonds. The molecule has 0 radical (unpaired) electrons. The summed E-state index contributed by atoms with van der Waals surface area (Å²) in [5, 5.41) is 7.45. The quantitative estimate of drug-likeness (QED) is 0.198. The van der Waals surface area contributed by atoms with Gasteiger partial charge in [-0.2, -0.15) is 0 Å². The maximum Gasteiger partial charge on any atom is 1.00 e. The fourth-order valence-corrected chi connectivity index (χ4v) is 0.253. The molecule has 10 heteroatoms. The molecule has 0 fully saturated rings. The van der Waals surface area contributed by atoms with Gasteiger partial charge >= 0.3 is 64.3 Å². The van der Waals surface area contributed by atoms with Crippen molar-refractivity contribution in [1.82, 2.24) is 6.15 Å². The molecule has 0 rings (SSSR count). The molecule has 0 spiro atoms. The molecule has 8 nitrogen and oxygen atoms in total. The van der Waals surface area contributed by atoms with Crippen LogP contribution in [0.4, 0.5) is 0 Å². The van der Waals surface area contributed by atoms with Gasteiger partial charge in [-0.15, -0.1) is 10.1 Å². The van der Waals surface area contributed by atoms with Crippen LogP contribution in [0.15, 0.2) is 0 Å². The molecule has 56 valence electrons. The molecule has 0 bridgehead atoms. The Balaban J connectivity index is -0.000000245. The van der Waals surface area contributed by atoms with Crippen LogP contribution in [-0.4, -0.2) is 9.98 Å². The third-order valence-corrected chi connectivity index (χ3v) is 0.510. The van der Waals surface area contributed by atoms with Crippen LogP contribution < -0.4 is 62.4 Å². The molecule has 1 unspecified atom stereocenters. The number of hydrogen-bond donors (Lipinski definition) is 2. The minimum atomic E-state index is -5.17. The van der Waals surface area contributed by atoms with Gasteiger partial charge in [-0.3, -0.25) is 4.57 Å². The van der Waals surface area contributed by atoms with E-state index in [1.54, 1.807) is 0 Å². The molecule has 0 heterocycles. The van der Waals surface area contributed by atoms with Crippen molar-refractivity contribution in [1.29, 1.82) is 0 Å². The molecule has 10 heavy (non-hydrogen) atoms. The van der Waals surface area contributed by atoms with E-state index in [-0.39, 0.29) is 57.5 Å². The summed E-state index contributed by atoms with van der Waals surface area (Å²) in [4.78, 5) is 26.0. The van der Waals surface area contributed by atoms with E-state index in [2.05, 4.69) is 4.62 Å². The number of nitrogens with zero attached hydrogens (tertiary/aromatic N) is 1. The van der Waals surface area contributed by atoms with Gasteiger partial charge in [-0.25, -0.2) is 4.62 Å². The number of phosphoric acid groups is 1. The molecule has 1 atom stereocenters. The molecule has 0 aromatic rings. The molecular formula is H4KN2O6P. The van der Waals surface area contributed by atoms with Crippen molar-refractivity contribution in [3.63, 3.8) is 0 Å². The monoisotopic (exact) mass is 198 g/mol. The van der Waals surface area contributed by atoms with Crippen molar-refractivity contribution >= 4 is 7.82 Å². The fraction of sp³-hybridized carbons (Fsp3) is 0. The van der Waals surface area contributed by atoms with Crippen LogP contribution in [0, 0.1) is 10.1 Å². The third kappa shape index (κ3) is 16.0. The maximum absolute atomic E-state index is 9.36. The number of hydrogen-bond acceptors (Lipinski definition) is 6. The third-order valence-electron chi connectivity index (χ3n) is 0.170. The van der Waals surface area contributed by atoms with Crippen LogP contribution in [-0.2, 0) is 9.19 Å². The van der Waals surface area contributed by atoms with Crippen molar-refractivity contribution in [2.45, 2.75) is 0 Å². The smallest absolute Gasteiger partial charge is 0.758 e. The Morgan fingerprint density at radius 2 is 1.90 bits per heavy atom. The van der Waals surface area contributed by atoms with Crippen molar-refractivity contribution in [3.05, 3.63) is 10.1 Å². The Kier molecular flexibility index (Phi) is 11.4. The first kappa shape index (κ1) is 17.1. The predicted molar refractivity (Wildman–Crippen MR) is 22.9 cm³/mol. The van der Waals surface area contributed by atoms with Gasteiger partial charge in [0.2, 0.25) is 0 Å². The van der Waals surface area contributed by atoms with Gasteiger partial charge in [-0.1, -0.05) is 0 Å². The summed E-state index contributed by atoms with van der Waals surface area (Å²) in [6.45, 7) is 0. The van der Waals surface area contributed by atoms with Gasteiger partial charge in [0, 0.05) is 0 Å². The van der Waals surface area contributed by atoms with Crippen LogP contribution >= 0.6 is 7.82 Å². The van der Waals surface area contributed by atoms with E-state index in [1.165, 1.54) is 0 Å². The Hall–Kier alpha value is 0.946. The van der Waals surface area contributed by atoms with E-state index >= 15 is 0 Å². The van der Waals surface area contributed by atoms with Crippen molar-refractivity contribution < 1.29 is 75.4 Å². The summed E-state index contributed by atoms with van der Waals surface area (Å²) >= 11 is 0. The molecule has 0 saturated carbocycles. The molecular weight excluding hydrogens is 194 g/mol. The van der Waals surface area contributed by atoms with Crippen molar-refractivity contribution in [2.24, 2.45) is 0 Å². The van der Waals surface area contributed by atoms with Gasteiger partial charge in [-0.05, 0) is 0 Å². The fourth-order valence-electron chi connectivity index (χ4n) is 0.0842. The van der Waals surface area contributed by atoms with Crippen molar-refractivity contribution in [2.75, 3.05) is 0 Å². The molecule has 0 aliphatic carbocycles. The molecule has 0 aromatic heterocycles. The zero-order chi connectivity index (χ0) is 6.78. The standard InChI is InChI=1S/K.H2NO6P.H3N/c;2-1(3)7-8(4,5)6;/h;(H2,4,5,6);1H3/q+1;;/p-1. The van der Waals surface area contributed by atoms with Crippen molar-refractivity contribution in [3.8, 4) is 0 Å². The van der Waals surface area contributed by atoms with Gasteiger partial charge in [0.15, 0.2) is 0 Å². The topological polar surface area (TPSA) is 148 Å². The van der Waals surface area contributed by atoms with E-state index in [0.29, 0.717) is 0 Å². The minimum Gasteiger partial charge on any atom is -0.758 e. The summed E-state index contributed by atoms with van der Waals surface area (Å²) in [5.74, 6) is 0. The van der Waals surface area contributed by atoms with Gasteiger partial charge in [0.05, 0.1) is 0 Å². The van der Waals surface area contributed by atoms with Crippen LogP contribution in [0.2, 0.25) is 0 Å². The largest absolute Gasteiger partial charge is 1.00 e. The second kappa shape index (κ2) is 6.64. The van der Waals surface area contributed by atoms with Crippen LogP contribution in [0.3, 0.4) is 0 Å². The predicted octanol–water partition coefficient (Wildman–Crippen LogP) is -4.18. The summed E-state index contributed by atoms with van der Waals surface area (Å²) in [7, 11) is -5.17. The Morgan fingerprint density at radius 3 is 1.90 bits per heavy atom. The van der Waals surface area contributed by atoms with E-state index in [1.807, 2.05) is 0 Å². The first-order chi connectivity index (χ1) is 3.42. The van der Waals surface area contributed by atoms with Gasteiger partial charge in [0.25, 0.3) is 0 Å². The molecule has 0 aliphatic heterocycles.